The highest BCUT2D eigenvalue weighted by Crippen LogP contribution is 2.25. The molecule has 2 rings (SSSR count). The van der Waals surface area contributed by atoms with Crippen LogP contribution in [-0.2, 0) is 0 Å². The molecular weight excluding hydrogens is 250 g/mol. The maximum Gasteiger partial charge on any atom is 0.289 e. The van der Waals surface area contributed by atoms with Crippen molar-refractivity contribution in [2.24, 2.45) is 0 Å². The Hall–Kier alpha value is -0.960. The first-order valence-electron chi connectivity index (χ1n) is 6.60. The number of hydrogen-bond donors (Lipinski definition) is 0. The molecule has 0 saturated heterocycles. The van der Waals surface area contributed by atoms with Crippen LogP contribution in [0.2, 0.25) is 0 Å². The van der Waals surface area contributed by atoms with E-state index in [0.29, 0.717) is 17.6 Å². The first kappa shape index (κ1) is 13.5. The number of carbonyl (C=O) groups excluding carboxylic acids is 1. The number of nitrogens with zero attached hydrogens (tertiary/aromatic N) is 1. The molecule has 1 atom stereocenters. The van der Waals surface area contributed by atoms with E-state index in [0.717, 1.165) is 12.8 Å². The molecule has 1 saturated carbocycles. The summed E-state index contributed by atoms with van der Waals surface area (Å²) in [5.41, 5.74) is 0. The second-order valence-electron chi connectivity index (χ2n) is 5.03. The van der Waals surface area contributed by atoms with Crippen LogP contribution in [0.25, 0.3) is 0 Å². The highest BCUT2D eigenvalue weighted by Gasteiger charge is 2.25. The first-order chi connectivity index (χ1) is 8.59. The molecule has 1 aliphatic carbocycles. The lowest BCUT2D eigenvalue weighted by Crippen LogP contribution is -2.38. The molecule has 100 valence electrons. The average Bonchev–Trinajstić information content (AvgIpc) is 2.88. The van der Waals surface area contributed by atoms with Gasteiger partial charge in [-0.15, -0.1) is 11.6 Å². The monoisotopic (exact) mass is 269 g/mol. The zero-order valence-electron chi connectivity index (χ0n) is 11.0. The van der Waals surface area contributed by atoms with Crippen molar-refractivity contribution in [3.05, 3.63) is 23.7 Å². The molecule has 1 amide bonds. The van der Waals surface area contributed by atoms with Gasteiger partial charge in [-0.2, -0.15) is 0 Å². The lowest BCUT2D eigenvalue weighted by atomic mass is 9.94. The zero-order valence-corrected chi connectivity index (χ0v) is 11.7. The molecule has 0 radical (unpaired) electrons. The molecule has 0 bridgehead atoms. The molecule has 1 aromatic rings. The number of rotatable bonds is 3. The van der Waals surface area contributed by atoms with Gasteiger partial charge < -0.3 is 9.32 Å². The van der Waals surface area contributed by atoms with E-state index >= 15 is 0 Å². The molecular formula is C14H20ClNO2. The van der Waals surface area contributed by atoms with E-state index in [1.54, 1.807) is 12.1 Å². The Morgan fingerprint density at radius 2 is 2.06 bits per heavy atom. The van der Waals surface area contributed by atoms with Crippen LogP contribution in [0.4, 0.5) is 0 Å². The number of alkyl halides is 1. The van der Waals surface area contributed by atoms with E-state index in [1.807, 2.05) is 18.9 Å². The van der Waals surface area contributed by atoms with Gasteiger partial charge >= 0.3 is 0 Å². The summed E-state index contributed by atoms with van der Waals surface area (Å²) in [6.07, 6.45) is 5.91. The summed E-state index contributed by atoms with van der Waals surface area (Å²) in [5.74, 6) is 1.01. The Kier molecular flexibility index (Phi) is 4.33. The SMILES string of the molecule is CC(Cl)c1ccc(C(=O)N(C)C2CCCCC2)o1. The van der Waals surface area contributed by atoms with Crippen molar-refractivity contribution in [3.8, 4) is 0 Å². The summed E-state index contributed by atoms with van der Waals surface area (Å²) in [4.78, 5) is 14.1. The second-order valence-corrected chi connectivity index (χ2v) is 5.68. The van der Waals surface area contributed by atoms with Gasteiger partial charge in [0.1, 0.15) is 5.76 Å². The highest BCUT2D eigenvalue weighted by atomic mass is 35.5. The average molecular weight is 270 g/mol. The Labute approximate surface area is 113 Å². The number of furan rings is 1. The van der Waals surface area contributed by atoms with Gasteiger partial charge in [-0.05, 0) is 31.9 Å². The number of halogens is 1. The van der Waals surface area contributed by atoms with Crippen molar-refractivity contribution in [1.29, 1.82) is 0 Å². The van der Waals surface area contributed by atoms with Gasteiger partial charge in [-0.25, -0.2) is 0 Å². The molecule has 1 aromatic heterocycles. The fourth-order valence-corrected chi connectivity index (χ4v) is 2.61. The van der Waals surface area contributed by atoms with Crippen molar-refractivity contribution < 1.29 is 9.21 Å². The quantitative estimate of drug-likeness (QED) is 0.778. The van der Waals surface area contributed by atoms with Gasteiger partial charge in [-0.1, -0.05) is 19.3 Å². The van der Waals surface area contributed by atoms with E-state index < -0.39 is 0 Å². The van der Waals surface area contributed by atoms with Crippen molar-refractivity contribution >= 4 is 17.5 Å². The van der Waals surface area contributed by atoms with Crippen molar-refractivity contribution in [1.82, 2.24) is 4.90 Å². The standard InChI is InChI=1S/C14H20ClNO2/c1-10(15)12-8-9-13(18-12)14(17)16(2)11-6-4-3-5-7-11/h8-11H,3-7H2,1-2H3. The maximum absolute atomic E-state index is 12.3. The predicted octanol–water partition coefficient (Wildman–Crippen LogP) is 3.98. The van der Waals surface area contributed by atoms with Gasteiger partial charge in [0, 0.05) is 13.1 Å². The smallest absolute Gasteiger partial charge is 0.289 e. The Bertz CT molecular complexity index is 408. The molecule has 1 heterocycles. The third-order valence-corrected chi connectivity index (χ3v) is 3.89. The molecule has 1 aliphatic rings. The molecule has 3 nitrogen and oxygen atoms in total. The summed E-state index contributed by atoms with van der Waals surface area (Å²) in [6.45, 7) is 1.83. The van der Waals surface area contributed by atoms with Gasteiger partial charge in [0.05, 0.1) is 5.38 Å². The molecule has 18 heavy (non-hydrogen) atoms. The molecule has 0 aromatic carbocycles. The lowest BCUT2D eigenvalue weighted by molar-refractivity contribution is 0.0662. The van der Waals surface area contributed by atoms with Gasteiger partial charge in [0.2, 0.25) is 0 Å². The predicted molar refractivity (Wildman–Crippen MR) is 71.9 cm³/mol. The first-order valence-corrected chi connectivity index (χ1v) is 7.04. The van der Waals surface area contributed by atoms with Crippen LogP contribution >= 0.6 is 11.6 Å². The maximum atomic E-state index is 12.3. The topological polar surface area (TPSA) is 33.5 Å². The van der Waals surface area contributed by atoms with E-state index in [4.69, 9.17) is 16.0 Å². The van der Waals surface area contributed by atoms with E-state index in [-0.39, 0.29) is 11.3 Å². The summed E-state index contributed by atoms with van der Waals surface area (Å²) in [5, 5.41) is -0.202. The summed E-state index contributed by atoms with van der Waals surface area (Å²) < 4.78 is 5.50. The van der Waals surface area contributed by atoms with Gasteiger partial charge in [0.15, 0.2) is 5.76 Å². The Morgan fingerprint density at radius 1 is 1.39 bits per heavy atom. The minimum atomic E-state index is -0.202. The van der Waals surface area contributed by atoms with Crippen LogP contribution in [0.1, 0.15) is 60.7 Å². The molecule has 1 unspecified atom stereocenters. The molecule has 0 spiro atoms. The van der Waals surface area contributed by atoms with Gasteiger partial charge in [0.25, 0.3) is 5.91 Å². The third-order valence-electron chi connectivity index (χ3n) is 3.67. The summed E-state index contributed by atoms with van der Waals surface area (Å²) >= 11 is 5.93. The van der Waals surface area contributed by atoms with E-state index in [2.05, 4.69) is 0 Å². The minimum absolute atomic E-state index is 0.0366. The lowest BCUT2D eigenvalue weighted by Gasteiger charge is -2.30. The highest BCUT2D eigenvalue weighted by molar-refractivity contribution is 6.20. The van der Waals surface area contributed by atoms with Crippen molar-refractivity contribution in [2.75, 3.05) is 7.05 Å². The Balaban J connectivity index is 2.04. The molecule has 1 fully saturated rings. The normalized spacial score (nSPS) is 18.6. The van der Waals surface area contributed by atoms with Crippen LogP contribution in [0.5, 0.6) is 0 Å². The number of amides is 1. The third kappa shape index (κ3) is 2.89. The van der Waals surface area contributed by atoms with E-state index in [9.17, 15) is 4.79 Å². The molecule has 0 N–H and O–H groups in total. The van der Waals surface area contributed by atoms with Crippen LogP contribution in [-0.4, -0.2) is 23.9 Å². The summed E-state index contributed by atoms with van der Waals surface area (Å²) in [7, 11) is 1.87. The van der Waals surface area contributed by atoms with Crippen molar-refractivity contribution in [3.63, 3.8) is 0 Å². The van der Waals surface area contributed by atoms with Crippen LogP contribution in [0, 0.1) is 0 Å². The largest absolute Gasteiger partial charge is 0.454 e. The fourth-order valence-electron chi connectivity index (χ4n) is 2.49. The number of hydrogen-bond acceptors (Lipinski definition) is 2. The van der Waals surface area contributed by atoms with Crippen molar-refractivity contribution in [2.45, 2.75) is 50.4 Å². The van der Waals surface area contributed by atoms with E-state index in [1.165, 1.54) is 19.3 Å². The zero-order chi connectivity index (χ0) is 13.1. The van der Waals surface area contributed by atoms with Crippen LogP contribution in [0.3, 0.4) is 0 Å². The summed E-state index contributed by atoms with van der Waals surface area (Å²) in [6, 6.07) is 3.85. The number of carbonyl (C=O) groups is 1. The van der Waals surface area contributed by atoms with Crippen LogP contribution in [0.15, 0.2) is 16.5 Å². The molecule has 0 aliphatic heterocycles. The Morgan fingerprint density at radius 3 is 2.61 bits per heavy atom. The molecule has 4 heteroatoms. The van der Waals surface area contributed by atoms with Crippen LogP contribution < -0.4 is 0 Å². The van der Waals surface area contributed by atoms with Gasteiger partial charge in [-0.3, -0.25) is 4.79 Å². The minimum Gasteiger partial charge on any atom is -0.454 e. The second kappa shape index (κ2) is 5.79. The fraction of sp³-hybridized carbons (Fsp3) is 0.643.